The largest absolute Gasteiger partial charge is 0.492 e. The Morgan fingerprint density at radius 3 is 2.73 bits per heavy atom. The molecule has 0 saturated heterocycles. The highest BCUT2D eigenvalue weighted by atomic mass is 35.5. The smallest absolute Gasteiger partial charge is 0.225 e. The minimum absolute atomic E-state index is 0. The maximum atomic E-state index is 12.7. The number of nitrogens with one attached hydrogen (secondary N) is 1. The second kappa shape index (κ2) is 8.34. The third-order valence-corrected chi connectivity index (χ3v) is 4.05. The molecule has 1 aliphatic carbocycles. The number of hydrogen-bond donors (Lipinski definition) is 2. The molecule has 0 aromatic heterocycles. The molecule has 1 fully saturated rings. The topological polar surface area (TPSA) is 64.4 Å². The number of benzene rings is 1. The standard InChI is InChI=1S/C16H23FN2O2.ClH/c1-16(18)9-3-2-4-14(16)15(20)19-10-11-21-13-7-5-12(17)6-8-13;/h5-8,14H,2-4,9-11,18H2,1H3,(H,19,20);1H. The average molecular weight is 331 g/mol. The van der Waals surface area contributed by atoms with E-state index < -0.39 is 5.54 Å². The van der Waals surface area contributed by atoms with Crippen molar-refractivity contribution in [2.45, 2.75) is 38.1 Å². The number of halogens is 2. The number of ether oxygens (including phenoxy) is 1. The van der Waals surface area contributed by atoms with Crippen LogP contribution in [0, 0.1) is 11.7 Å². The van der Waals surface area contributed by atoms with Crippen molar-refractivity contribution in [1.82, 2.24) is 5.32 Å². The first-order valence-electron chi connectivity index (χ1n) is 7.44. The first kappa shape index (κ1) is 18.7. The van der Waals surface area contributed by atoms with Crippen LogP contribution in [0.2, 0.25) is 0 Å². The SMILES string of the molecule is CC1(N)CCCCC1C(=O)NCCOc1ccc(F)cc1.Cl. The van der Waals surface area contributed by atoms with E-state index in [1.165, 1.54) is 12.1 Å². The molecule has 1 saturated carbocycles. The van der Waals surface area contributed by atoms with Crippen LogP contribution in [0.1, 0.15) is 32.6 Å². The van der Waals surface area contributed by atoms with Gasteiger partial charge in [-0.3, -0.25) is 4.79 Å². The zero-order chi connectivity index (χ0) is 15.3. The van der Waals surface area contributed by atoms with Crippen LogP contribution in [0.25, 0.3) is 0 Å². The Kier molecular flexibility index (Phi) is 7.10. The molecule has 1 amide bonds. The van der Waals surface area contributed by atoms with Gasteiger partial charge in [0, 0.05) is 5.54 Å². The lowest BCUT2D eigenvalue weighted by Gasteiger charge is -2.37. The molecule has 4 nitrogen and oxygen atoms in total. The highest BCUT2D eigenvalue weighted by Gasteiger charge is 2.37. The monoisotopic (exact) mass is 330 g/mol. The van der Waals surface area contributed by atoms with Gasteiger partial charge in [0.1, 0.15) is 18.2 Å². The number of carbonyl (C=O) groups excluding carboxylic acids is 1. The molecular formula is C16H24ClFN2O2. The molecule has 0 spiro atoms. The molecule has 22 heavy (non-hydrogen) atoms. The Hall–Kier alpha value is -1.33. The predicted octanol–water partition coefficient (Wildman–Crippen LogP) is 2.65. The fourth-order valence-corrected chi connectivity index (χ4v) is 2.79. The van der Waals surface area contributed by atoms with Gasteiger partial charge in [0.2, 0.25) is 5.91 Å². The molecule has 0 radical (unpaired) electrons. The van der Waals surface area contributed by atoms with Crippen molar-refractivity contribution in [3.63, 3.8) is 0 Å². The Balaban J connectivity index is 0.00000242. The van der Waals surface area contributed by atoms with Crippen molar-refractivity contribution >= 4 is 18.3 Å². The summed E-state index contributed by atoms with van der Waals surface area (Å²) in [4.78, 5) is 12.2. The summed E-state index contributed by atoms with van der Waals surface area (Å²) in [6.07, 6.45) is 3.87. The van der Waals surface area contributed by atoms with E-state index in [1.54, 1.807) is 12.1 Å². The van der Waals surface area contributed by atoms with Crippen LogP contribution in [0.5, 0.6) is 5.75 Å². The Bertz CT molecular complexity index is 480. The second-order valence-corrected chi connectivity index (χ2v) is 5.90. The molecular weight excluding hydrogens is 307 g/mol. The molecule has 2 atom stereocenters. The third-order valence-electron chi connectivity index (χ3n) is 4.05. The predicted molar refractivity (Wildman–Crippen MR) is 86.7 cm³/mol. The maximum absolute atomic E-state index is 12.7. The average Bonchev–Trinajstić information content (AvgIpc) is 2.45. The van der Waals surface area contributed by atoms with Gasteiger partial charge in [-0.15, -0.1) is 12.4 Å². The van der Waals surface area contributed by atoms with Crippen molar-refractivity contribution in [3.8, 4) is 5.75 Å². The summed E-state index contributed by atoms with van der Waals surface area (Å²) >= 11 is 0. The number of rotatable bonds is 5. The molecule has 0 aliphatic heterocycles. The van der Waals surface area contributed by atoms with E-state index in [9.17, 15) is 9.18 Å². The van der Waals surface area contributed by atoms with Crippen molar-refractivity contribution in [2.24, 2.45) is 11.7 Å². The molecule has 2 rings (SSSR count). The molecule has 1 aromatic carbocycles. The zero-order valence-corrected chi connectivity index (χ0v) is 13.6. The Labute approximate surface area is 137 Å². The van der Waals surface area contributed by atoms with Crippen LogP contribution in [-0.4, -0.2) is 24.6 Å². The molecule has 1 aromatic rings. The summed E-state index contributed by atoms with van der Waals surface area (Å²) in [5.74, 6) is 0.168. The summed E-state index contributed by atoms with van der Waals surface area (Å²) < 4.78 is 18.2. The van der Waals surface area contributed by atoms with Gasteiger partial charge >= 0.3 is 0 Å². The Morgan fingerprint density at radius 2 is 2.09 bits per heavy atom. The number of amides is 1. The van der Waals surface area contributed by atoms with Crippen LogP contribution in [0.4, 0.5) is 4.39 Å². The zero-order valence-electron chi connectivity index (χ0n) is 12.8. The van der Waals surface area contributed by atoms with Gasteiger partial charge in [-0.25, -0.2) is 4.39 Å². The summed E-state index contributed by atoms with van der Waals surface area (Å²) in [5, 5.41) is 2.87. The first-order valence-corrected chi connectivity index (χ1v) is 7.44. The maximum Gasteiger partial charge on any atom is 0.225 e. The normalized spacial score (nSPS) is 24.2. The fraction of sp³-hybridized carbons (Fsp3) is 0.562. The van der Waals surface area contributed by atoms with Gasteiger partial charge in [0.05, 0.1) is 12.5 Å². The van der Waals surface area contributed by atoms with Crippen LogP contribution >= 0.6 is 12.4 Å². The molecule has 1 aliphatic rings. The van der Waals surface area contributed by atoms with E-state index in [1.807, 2.05) is 6.92 Å². The quantitative estimate of drug-likeness (QED) is 0.816. The highest BCUT2D eigenvalue weighted by Crippen LogP contribution is 2.31. The lowest BCUT2D eigenvalue weighted by molar-refractivity contribution is -0.128. The van der Waals surface area contributed by atoms with Crippen molar-refractivity contribution < 1.29 is 13.9 Å². The van der Waals surface area contributed by atoms with Crippen molar-refractivity contribution in [2.75, 3.05) is 13.2 Å². The van der Waals surface area contributed by atoms with Crippen LogP contribution < -0.4 is 15.8 Å². The van der Waals surface area contributed by atoms with Gasteiger partial charge in [-0.1, -0.05) is 12.8 Å². The van der Waals surface area contributed by atoms with E-state index in [2.05, 4.69) is 5.32 Å². The number of carbonyl (C=O) groups is 1. The van der Waals surface area contributed by atoms with E-state index in [0.29, 0.717) is 18.9 Å². The summed E-state index contributed by atoms with van der Waals surface area (Å²) in [7, 11) is 0. The van der Waals surface area contributed by atoms with E-state index in [4.69, 9.17) is 10.5 Å². The Morgan fingerprint density at radius 1 is 1.41 bits per heavy atom. The fourth-order valence-electron chi connectivity index (χ4n) is 2.79. The number of nitrogens with two attached hydrogens (primary N) is 1. The van der Waals surface area contributed by atoms with Crippen LogP contribution in [0.15, 0.2) is 24.3 Å². The lowest BCUT2D eigenvalue weighted by Crippen LogP contribution is -2.53. The lowest BCUT2D eigenvalue weighted by atomic mass is 9.74. The van der Waals surface area contributed by atoms with E-state index >= 15 is 0 Å². The molecule has 2 unspecified atom stereocenters. The van der Waals surface area contributed by atoms with Crippen molar-refractivity contribution in [1.29, 1.82) is 0 Å². The molecule has 6 heteroatoms. The molecule has 3 N–H and O–H groups in total. The molecule has 0 bridgehead atoms. The van der Waals surface area contributed by atoms with Crippen molar-refractivity contribution in [3.05, 3.63) is 30.1 Å². The summed E-state index contributed by atoms with van der Waals surface area (Å²) in [5.41, 5.74) is 5.79. The third kappa shape index (κ3) is 5.14. The molecule has 124 valence electrons. The number of hydrogen-bond acceptors (Lipinski definition) is 3. The van der Waals surface area contributed by atoms with E-state index in [-0.39, 0.29) is 30.0 Å². The van der Waals surface area contributed by atoms with E-state index in [0.717, 1.165) is 25.7 Å². The van der Waals surface area contributed by atoms with Gasteiger partial charge in [-0.2, -0.15) is 0 Å². The van der Waals surface area contributed by atoms with Crippen LogP contribution in [0.3, 0.4) is 0 Å². The van der Waals surface area contributed by atoms with Gasteiger partial charge in [0.25, 0.3) is 0 Å². The molecule has 0 heterocycles. The minimum Gasteiger partial charge on any atom is -0.492 e. The van der Waals surface area contributed by atoms with Gasteiger partial charge in [0.15, 0.2) is 0 Å². The van der Waals surface area contributed by atoms with Gasteiger partial charge < -0.3 is 15.8 Å². The van der Waals surface area contributed by atoms with Crippen LogP contribution in [-0.2, 0) is 4.79 Å². The van der Waals surface area contributed by atoms with Gasteiger partial charge in [-0.05, 0) is 44.0 Å². The summed E-state index contributed by atoms with van der Waals surface area (Å²) in [6, 6.07) is 5.82. The summed E-state index contributed by atoms with van der Waals surface area (Å²) in [6.45, 7) is 2.72. The minimum atomic E-state index is -0.417. The first-order chi connectivity index (χ1) is 9.99. The highest BCUT2D eigenvalue weighted by molar-refractivity contribution is 5.85. The second-order valence-electron chi connectivity index (χ2n) is 5.90.